The van der Waals surface area contributed by atoms with E-state index < -0.39 is 0 Å². The van der Waals surface area contributed by atoms with Crippen molar-refractivity contribution >= 4 is 27.3 Å². The van der Waals surface area contributed by atoms with Crippen LogP contribution in [0.15, 0.2) is 24.3 Å². The Bertz CT molecular complexity index is 545. The van der Waals surface area contributed by atoms with Crippen molar-refractivity contribution in [2.24, 2.45) is 0 Å². The molecule has 2 heterocycles. The molecular weight excluding hydrogens is 246 g/mol. The Morgan fingerprint density at radius 2 is 2.28 bits per heavy atom. The van der Waals surface area contributed by atoms with Gasteiger partial charge in [0.25, 0.3) is 0 Å². The Kier molecular flexibility index (Phi) is 3.14. The standard InChI is InChI=1S/C14H15NO2S/c1-9-6-7-10(17-9)8-12(16)14-15-11-4-2-3-5-13(11)18-14/h2-5,9-10H,6-8H2,1H3. The quantitative estimate of drug-likeness (QED) is 0.794. The molecule has 2 unspecified atom stereocenters. The van der Waals surface area contributed by atoms with Gasteiger partial charge in [0.1, 0.15) is 0 Å². The Morgan fingerprint density at radius 3 is 3.00 bits per heavy atom. The Hall–Kier alpha value is -1.26. The minimum atomic E-state index is 0.0829. The molecule has 2 atom stereocenters. The summed E-state index contributed by atoms with van der Waals surface area (Å²) in [7, 11) is 0. The third-order valence-corrected chi connectivity index (χ3v) is 4.34. The molecule has 0 radical (unpaired) electrons. The number of nitrogens with zero attached hydrogens (tertiary/aromatic N) is 1. The Labute approximate surface area is 110 Å². The van der Waals surface area contributed by atoms with Gasteiger partial charge in [0.15, 0.2) is 10.8 Å². The second kappa shape index (κ2) is 4.78. The van der Waals surface area contributed by atoms with E-state index >= 15 is 0 Å². The Balaban J connectivity index is 1.75. The number of Topliss-reactive ketones (excluding diaryl/α,β-unsaturated/α-hetero) is 1. The van der Waals surface area contributed by atoms with Crippen molar-refractivity contribution in [3.63, 3.8) is 0 Å². The second-order valence-corrected chi connectivity index (χ2v) is 5.79. The first kappa shape index (κ1) is 11.8. The summed E-state index contributed by atoms with van der Waals surface area (Å²) in [6.45, 7) is 2.06. The van der Waals surface area contributed by atoms with Crippen LogP contribution in [-0.2, 0) is 4.74 Å². The van der Waals surface area contributed by atoms with Gasteiger partial charge in [-0.15, -0.1) is 11.3 Å². The molecule has 94 valence electrons. The van der Waals surface area contributed by atoms with Gasteiger partial charge in [0, 0.05) is 6.42 Å². The minimum absolute atomic E-state index is 0.0829. The number of hydrogen-bond acceptors (Lipinski definition) is 4. The number of benzene rings is 1. The predicted octanol–water partition coefficient (Wildman–Crippen LogP) is 3.44. The van der Waals surface area contributed by atoms with Crippen molar-refractivity contribution in [1.29, 1.82) is 0 Å². The fourth-order valence-corrected chi connectivity index (χ4v) is 3.24. The molecular formula is C14H15NO2S. The van der Waals surface area contributed by atoms with Crippen LogP contribution in [0.4, 0.5) is 0 Å². The molecule has 1 fully saturated rings. The number of rotatable bonds is 3. The summed E-state index contributed by atoms with van der Waals surface area (Å²) in [5, 5.41) is 0.611. The lowest BCUT2D eigenvalue weighted by Gasteiger charge is -2.08. The first-order valence-corrected chi connectivity index (χ1v) is 7.08. The van der Waals surface area contributed by atoms with Gasteiger partial charge in [-0.05, 0) is 31.9 Å². The average Bonchev–Trinajstić information content (AvgIpc) is 2.95. The molecule has 3 nitrogen and oxygen atoms in total. The molecule has 1 saturated heterocycles. The van der Waals surface area contributed by atoms with E-state index in [0.29, 0.717) is 11.4 Å². The molecule has 3 rings (SSSR count). The van der Waals surface area contributed by atoms with E-state index in [1.165, 1.54) is 11.3 Å². The molecule has 0 amide bonds. The monoisotopic (exact) mass is 261 g/mol. The molecule has 0 spiro atoms. The van der Waals surface area contributed by atoms with E-state index in [2.05, 4.69) is 11.9 Å². The molecule has 1 aromatic carbocycles. The Morgan fingerprint density at radius 1 is 1.44 bits per heavy atom. The fraction of sp³-hybridized carbons (Fsp3) is 0.429. The van der Waals surface area contributed by atoms with Gasteiger partial charge < -0.3 is 4.74 Å². The van der Waals surface area contributed by atoms with E-state index in [1.54, 1.807) is 0 Å². The SMILES string of the molecule is CC1CCC(CC(=O)c2nc3ccccc3s2)O1. The number of thiazole rings is 1. The van der Waals surface area contributed by atoms with Crippen LogP contribution in [0.25, 0.3) is 10.2 Å². The highest BCUT2D eigenvalue weighted by Gasteiger charge is 2.25. The molecule has 0 bridgehead atoms. The van der Waals surface area contributed by atoms with Crippen LogP contribution in [-0.4, -0.2) is 23.0 Å². The van der Waals surface area contributed by atoms with Crippen molar-refractivity contribution < 1.29 is 9.53 Å². The van der Waals surface area contributed by atoms with Crippen LogP contribution < -0.4 is 0 Å². The number of fused-ring (bicyclic) bond motifs is 1. The molecule has 1 aliphatic heterocycles. The van der Waals surface area contributed by atoms with Gasteiger partial charge in [-0.25, -0.2) is 4.98 Å². The van der Waals surface area contributed by atoms with E-state index in [0.717, 1.165) is 23.1 Å². The maximum absolute atomic E-state index is 12.1. The normalized spacial score (nSPS) is 23.6. The lowest BCUT2D eigenvalue weighted by molar-refractivity contribution is 0.0475. The van der Waals surface area contributed by atoms with Crippen LogP contribution in [0.1, 0.15) is 36.0 Å². The summed E-state index contributed by atoms with van der Waals surface area (Å²) in [6.07, 6.45) is 2.87. The van der Waals surface area contributed by atoms with Gasteiger partial charge in [0.05, 0.1) is 22.4 Å². The van der Waals surface area contributed by atoms with Gasteiger partial charge in [0.2, 0.25) is 0 Å². The van der Waals surface area contributed by atoms with Crippen LogP contribution >= 0.6 is 11.3 Å². The van der Waals surface area contributed by atoms with Crippen molar-refractivity contribution in [1.82, 2.24) is 4.98 Å². The van der Waals surface area contributed by atoms with Gasteiger partial charge in [-0.2, -0.15) is 0 Å². The summed E-state index contributed by atoms with van der Waals surface area (Å²) < 4.78 is 6.75. The highest BCUT2D eigenvalue weighted by atomic mass is 32.1. The first-order valence-electron chi connectivity index (χ1n) is 6.26. The molecule has 0 saturated carbocycles. The molecule has 4 heteroatoms. The molecule has 2 aromatic rings. The summed E-state index contributed by atoms with van der Waals surface area (Å²) in [6, 6.07) is 7.85. The number of para-hydroxylation sites is 1. The van der Waals surface area contributed by atoms with E-state index in [9.17, 15) is 4.79 Å². The van der Waals surface area contributed by atoms with Crippen molar-refractivity contribution in [2.45, 2.75) is 38.4 Å². The highest BCUT2D eigenvalue weighted by Crippen LogP contribution is 2.26. The topological polar surface area (TPSA) is 39.2 Å². The number of aromatic nitrogens is 1. The number of carbonyl (C=O) groups excluding carboxylic acids is 1. The zero-order valence-corrected chi connectivity index (χ0v) is 11.1. The molecule has 1 aliphatic rings. The summed E-state index contributed by atoms with van der Waals surface area (Å²) >= 11 is 1.47. The molecule has 0 N–H and O–H groups in total. The van der Waals surface area contributed by atoms with Gasteiger partial charge in [-0.1, -0.05) is 12.1 Å². The predicted molar refractivity (Wildman–Crippen MR) is 72.1 cm³/mol. The number of ether oxygens (including phenoxy) is 1. The van der Waals surface area contributed by atoms with E-state index in [-0.39, 0.29) is 18.0 Å². The van der Waals surface area contributed by atoms with Crippen LogP contribution in [0.5, 0.6) is 0 Å². The zero-order chi connectivity index (χ0) is 12.5. The zero-order valence-electron chi connectivity index (χ0n) is 10.3. The van der Waals surface area contributed by atoms with Crippen LogP contribution in [0.2, 0.25) is 0 Å². The van der Waals surface area contributed by atoms with Gasteiger partial charge >= 0.3 is 0 Å². The highest BCUT2D eigenvalue weighted by molar-refractivity contribution is 7.20. The largest absolute Gasteiger partial charge is 0.375 e. The summed E-state index contributed by atoms with van der Waals surface area (Å²) in [4.78, 5) is 16.5. The minimum Gasteiger partial charge on any atom is -0.375 e. The van der Waals surface area contributed by atoms with E-state index in [4.69, 9.17) is 4.74 Å². The lowest BCUT2D eigenvalue weighted by atomic mass is 10.1. The molecule has 0 aliphatic carbocycles. The molecule has 18 heavy (non-hydrogen) atoms. The first-order chi connectivity index (χ1) is 8.72. The maximum atomic E-state index is 12.1. The third kappa shape index (κ3) is 2.31. The summed E-state index contributed by atoms with van der Waals surface area (Å²) in [5.41, 5.74) is 0.909. The van der Waals surface area contributed by atoms with Crippen molar-refractivity contribution in [3.8, 4) is 0 Å². The second-order valence-electron chi connectivity index (χ2n) is 4.76. The molecule has 1 aromatic heterocycles. The fourth-order valence-electron chi connectivity index (χ4n) is 2.32. The van der Waals surface area contributed by atoms with E-state index in [1.807, 2.05) is 24.3 Å². The maximum Gasteiger partial charge on any atom is 0.194 e. The number of hydrogen-bond donors (Lipinski definition) is 0. The van der Waals surface area contributed by atoms with Crippen molar-refractivity contribution in [3.05, 3.63) is 29.3 Å². The van der Waals surface area contributed by atoms with Gasteiger partial charge in [-0.3, -0.25) is 4.79 Å². The van der Waals surface area contributed by atoms with Crippen LogP contribution in [0, 0.1) is 0 Å². The average molecular weight is 261 g/mol. The number of ketones is 1. The number of carbonyl (C=O) groups is 1. The third-order valence-electron chi connectivity index (χ3n) is 3.27. The van der Waals surface area contributed by atoms with Crippen LogP contribution in [0.3, 0.4) is 0 Å². The summed E-state index contributed by atoms with van der Waals surface area (Å²) in [5.74, 6) is 0.107. The lowest BCUT2D eigenvalue weighted by Crippen LogP contribution is -2.14. The van der Waals surface area contributed by atoms with Crippen molar-refractivity contribution in [2.75, 3.05) is 0 Å². The smallest absolute Gasteiger partial charge is 0.194 e.